The number of carbonyl (C=O) groups excluding carboxylic acids is 3. The van der Waals surface area contributed by atoms with Crippen molar-refractivity contribution in [2.75, 3.05) is 0 Å². The minimum Gasteiger partial charge on any atom is -0.507 e. The molecule has 2 N–H and O–H groups in total. The van der Waals surface area contributed by atoms with E-state index in [4.69, 9.17) is 4.74 Å². The summed E-state index contributed by atoms with van der Waals surface area (Å²) in [5.41, 5.74) is 0.755. The first-order valence-corrected chi connectivity index (χ1v) is 8.50. The number of carbonyl (C=O) groups is 3. The van der Waals surface area contributed by atoms with Crippen molar-refractivity contribution in [1.29, 1.82) is 0 Å². The van der Waals surface area contributed by atoms with Gasteiger partial charge in [0.25, 0.3) is 0 Å². The monoisotopic (exact) mass is 370 g/mol. The number of phenolic OH excluding ortho intramolecular Hbond substituents is 2. The van der Waals surface area contributed by atoms with Crippen molar-refractivity contribution in [3.63, 3.8) is 0 Å². The second kappa shape index (κ2) is 8.03. The number of ketones is 2. The number of phenols is 2. The van der Waals surface area contributed by atoms with Crippen LogP contribution in [0.4, 0.5) is 0 Å². The number of aromatic hydroxyl groups is 2. The van der Waals surface area contributed by atoms with Crippen LogP contribution < -0.4 is 0 Å². The lowest BCUT2D eigenvalue weighted by Crippen LogP contribution is -2.29. The lowest BCUT2D eigenvalue weighted by Gasteiger charge is -2.23. The highest BCUT2D eigenvalue weighted by Crippen LogP contribution is 2.36. The first kappa shape index (κ1) is 20.2. The van der Waals surface area contributed by atoms with E-state index in [1.165, 1.54) is 0 Å². The van der Waals surface area contributed by atoms with Gasteiger partial charge in [0, 0.05) is 17.6 Å². The number of benzene rings is 1. The van der Waals surface area contributed by atoms with E-state index in [9.17, 15) is 24.6 Å². The van der Waals surface area contributed by atoms with Gasteiger partial charge in [-0.05, 0) is 45.9 Å². The van der Waals surface area contributed by atoms with Crippen molar-refractivity contribution in [3.05, 3.63) is 58.2 Å². The summed E-state index contributed by atoms with van der Waals surface area (Å²) >= 11 is 0. The lowest BCUT2D eigenvalue weighted by atomic mass is 9.85. The maximum Gasteiger partial charge on any atom is 0.334 e. The molecule has 0 aromatic heterocycles. The van der Waals surface area contributed by atoms with E-state index in [-0.39, 0.29) is 28.9 Å². The second-order valence-corrected chi connectivity index (χ2v) is 6.53. The summed E-state index contributed by atoms with van der Waals surface area (Å²) in [6.45, 7) is 6.99. The summed E-state index contributed by atoms with van der Waals surface area (Å²) in [6, 6.07) is 2.29. The molecule has 1 aliphatic rings. The van der Waals surface area contributed by atoms with E-state index in [0.29, 0.717) is 5.57 Å². The number of hydrogen-bond acceptors (Lipinski definition) is 6. The third-order valence-corrected chi connectivity index (χ3v) is 4.27. The standard InChI is InChI=1S/C21H22O6/c1-5-12(4)21(26)27-17(9-6-11(2)3)13-10-16(24)18-14(22)7-8-15(23)19(18)20(13)25/h5-8,10,17,22-23H,9H2,1-4H3. The minimum absolute atomic E-state index is 0.0387. The molecule has 0 spiro atoms. The summed E-state index contributed by atoms with van der Waals surface area (Å²) in [7, 11) is 0. The van der Waals surface area contributed by atoms with Crippen LogP contribution in [0.3, 0.4) is 0 Å². The molecular formula is C21H22O6. The van der Waals surface area contributed by atoms with Crippen molar-refractivity contribution in [1.82, 2.24) is 0 Å². The third kappa shape index (κ3) is 4.16. The maximum absolute atomic E-state index is 12.9. The van der Waals surface area contributed by atoms with Gasteiger partial charge in [-0.3, -0.25) is 9.59 Å². The highest BCUT2D eigenvalue weighted by molar-refractivity contribution is 6.27. The molecule has 27 heavy (non-hydrogen) atoms. The summed E-state index contributed by atoms with van der Waals surface area (Å²) < 4.78 is 5.46. The number of esters is 1. The molecule has 1 aromatic rings. The van der Waals surface area contributed by atoms with Crippen LogP contribution in [0.1, 0.15) is 54.8 Å². The molecule has 0 aliphatic heterocycles. The van der Waals surface area contributed by atoms with Gasteiger partial charge >= 0.3 is 5.97 Å². The fraction of sp³-hybridized carbons (Fsp3) is 0.286. The van der Waals surface area contributed by atoms with Crippen molar-refractivity contribution < 1.29 is 29.3 Å². The SMILES string of the molecule is CC=C(C)C(=O)OC(CC=C(C)C)C1=CC(=O)c2c(O)ccc(O)c2C1=O. The van der Waals surface area contributed by atoms with E-state index in [1.54, 1.807) is 26.0 Å². The first-order chi connectivity index (χ1) is 12.7. The fourth-order valence-corrected chi connectivity index (χ4v) is 2.64. The van der Waals surface area contributed by atoms with Crippen LogP contribution in [-0.4, -0.2) is 33.9 Å². The Balaban J connectivity index is 2.51. The van der Waals surface area contributed by atoms with Gasteiger partial charge in [0.05, 0.1) is 11.1 Å². The minimum atomic E-state index is -0.992. The Morgan fingerprint density at radius 1 is 1.11 bits per heavy atom. The van der Waals surface area contributed by atoms with Crippen molar-refractivity contribution in [2.45, 2.75) is 40.2 Å². The number of Topliss-reactive ketones (excluding diaryl/α,β-unsaturated/α-hetero) is 1. The topological polar surface area (TPSA) is 101 Å². The number of allylic oxidation sites excluding steroid dienone is 3. The maximum atomic E-state index is 12.9. The molecule has 6 heteroatoms. The van der Waals surface area contributed by atoms with E-state index in [0.717, 1.165) is 23.8 Å². The van der Waals surface area contributed by atoms with Crippen LogP contribution >= 0.6 is 0 Å². The van der Waals surface area contributed by atoms with Crippen LogP contribution in [0.15, 0.2) is 47.1 Å². The van der Waals surface area contributed by atoms with E-state index in [1.807, 2.05) is 13.8 Å². The summed E-state index contributed by atoms with van der Waals surface area (Å²) in [4.78, 5) is 37.6. The molecule has 1 unspecified atom stereocenters. The normalized spacial score (nSPS) is 15.0. The van der Waals surface area contributed by atoms with Crippen molar-refractivity contribution in [2.24, 2.45) is 0 Å². The predicted molar refractivity (Wildman–Crippen MR) is 99.9 cm³/mol. The molecule has 0 saturated carbocycles. The molecule has 0 fully saturated rings. The van der Waals surface area contributed by atoms with Crippen molar-refractivity contribution >= 4 is 17.5 Å². The van der Waals surface area contributed by atoms with Gasteiger partial charge in [-0.1, -0.05) is 17.7 Å². The van der Waals surface area contributed by atoms with Gasteiger partial charge in [0.2, 0.25) is 0 Å². The van der Waals surface area contributed by atoms with E-state index < -0.39 is 29.4 Å². The smallest absolute Gasteiger partial charge is 0.334 e. The zero-order valence-electron chi connectivity index (χ0n) is 15.7. The van der Waals surface area contributed by atoms with Crippen LogP contribution in [0, 0.1) is 0 Å². The molecule has 6 nitrogen and oxygen atoms in total. The van der Waals surface area contributed by atoms with Crippen LogP contribution in [0.5, 0.6) is 11.5 Å². The Bertz CT molecular complexity index is 897. The molecule has 2 rings (SSSR count). The number of hydrogen-bond donors (Lipinski definition) is 2. The highest BCUT2D eigenvalue weighted by Gasteiger charge is 2.35. The molecule has 0 heterocycles. The average Bonchev–Trinajstić information content (AvgIpc) is 2.62. The Kier molecular flexibility index (Phi) is 6.00. The molecule has 142 valence electrons. The van der Waals surface area contributed by atoms with Gasteiger partial charge < -0.3 is 14.9 Å². The number of fused-ring (bicyclic) bond motifs is 1. The van der Waals surface area contributed by atoms with Gasteiger partial charge in [-0.2, -0.15) is 0 Å². The zero-order chi connectivity index (χ0) is 20.3. The largest absolute Gasteiger partial charge is 0.507 e. The lowest BCUT2D eigenvalue weighted by molar-refractivity contribution is -0.142. The Hall–Kier alpha value is -3.15. The summed E-state index contributed by atoms with van der Waals surface area (Å²) in [5, 5.41) is 20.0. The second-order valence-electron chi connectivity index (χ2n) is 6.53. The molecule has 0 bridgehead atoms. The molecule has 0 radical (unpaired) electrons. The van der Waals surface area contributed by atoms with E-state index >= 15 is 0 Å². The first-order valence-electron chi connectivity index (χ1n) is 8.50. The summed E-state index contributed by atoms with van der Waals surface area (Å²) in [6.07, 6.45) is 3.64. The summed E-state index contributed by atoms with van der Waals surface area (Å²) in [5.74, 6) is -2.69. The van der Waals surface area contributed by atoms with Crippen molar-refractivity contribution in [3.8, 4) is 11.5 Å². The van der Waals surface area contributed by atoms with Gasteiger partial charge in [-0.15, -0.1) is 0 Å². The number of rotatable bonds is 5. The Morgan fingerprint density at radius 3 is 2.26 bits per heavy atom. The quantitative estimate of drug-likeness (QED) is 0.355. The molecule has 1 atom stereocenters. The van der Waals surface area contributed by atoms with Gasteiger partial charge in [0.1, 0.15) is 17.6 Å². The predicted octanol–water partition coefficient (Wildman–Crippen LogP) is 3.64. The van der Waals surface area contributed by atoms with Crippen LogP contribution in [0.2, 0.25) is 0 Å². The highest BCUT2D eigenvalue weighted by atomic mass is 16.5. The molecular weight excluding hydrogens is 348 g/mol. The fourth-order valence-electron chi connectivity index (χ4n) is 2.64. The van der Waals surface area contributed by atoms with Gasteiger partial charge in [0.15, 0.2) is 11.6 Å². The zero-order valence-corrected chi connectivity index (χ0v) is 15.7. The Morgan fingerprint density at radius 2 is 1.70 bits per heavy atom. The van der Waals surface area contributed by atoms with Crippen LogP contribution in [-0.2, 0) is 9.53 Å². The molecule has 1 aromatic carbocycles. The molecule has 0 amide bonds. The third-order valence-electron chi connectivity index (χ3n) is 4.27. The van der Waals surface area contributed by atoms with E-state index in [2.05, 4.69) is 0 Å². The Labute approximate surface area is 157 Å². The molecule has 0 saturated heterocycles. The molecule has 1 aliphatic carbocycles. The van der Waals surface area contributed by atoms with Gasteiger partial charge in [-0.25, -0.2) is 4.79 Å². The number of ether oxygens (including phenoxy) is 1. The van der Waals surface area contributed by atoms with Crippen LogP contribution in [0.25, 0.3) is 0 Å². The average molecular weight is 370 g/mol.